The Morgan fingerprint density at radius 3 is 2.06 bits per heavy atom. The molecule has 0 atom stereocenters. The summed E-state index contributed by atoms with van der Waals surface area (Å²) in [7, 11) is 0. The molecule has 0 aliphatic rings. The monoisotopic (exact) mass is 259 g/mol. The number of hydrogen-bond donors (Lipinski definition) is 4. The van der Waals surface area contributed by atoms with Gasteiger partial charge in [-0.1, -0.05) is 6.58 Å². The van der Waals surface area contributed by atoms with E-state index in [1.54, 1.807) is 0 Å². The predicted molar refractivity (Wildman–Crippen MR) is 61.5 cm³/mol. The van der Waals surface area contributed by atoms with Crippen molar-refractivity contribution in [1.82, 2.24) is 14.5 Å². The lowest BCUT2D eigenvalue weighted by Crippen LogP contribution is -2.43. The van der Waals surface area contributed by atoms with E-state index in [9.17, 15) is 19.2 Å². The van der Waals surface area contributed by atoms with E-state index >= 15 is 0 Å². The number of nitrogens with one attached hydrogen (secondary N) is 2. The molecule has 1 rings (SSSR count). The van der Waals surface area contributed by atoms with Crippen molar-refractivity contribution in [2.24, 2.45) is 0 Å². The van der Waals surface area contributed by atoms with Crippen LogP contribution < -0.4 is 17.1 Å². The fourth-order valence-electron chi connectivity index (χ4n) is 0.885. The second-order valence-corrected chi connectivity index (χ2v) is 2.96. The molecule has 1 heterocycles. The molecule has 0 aliphatic heterocycles. The number of aliphatic hydroxyl groups excluding tert-OH is 1. The van der Waals surface area contributed by atoms with Crippen molar-refractivity contribution in [2.45, 2.75) is 13.0 Å². The molecule has 0 saturated carbocycles. The van der Waals surface area contributed by atoms with Crippen molar-refractivity contribution in [3.63, 3.8) is 0 Å². The number of H-pyrrole nitrogens is 2. The molecule has 100 valence electrons. The van der Waals surface area contributed by atoms with Crippen LogP contribution in [-0.2, 0) is 11.3 Å². The van der Waals surface area contributed by atoms with Crippen molar-refractivity contribution in [3.05, 3.63) is 44.1 Å². The molecule has 0 bridgehead atoms. The van der Waals surface area contributed by atoms with Crippen LogP contribution in [0.5, 0.6) is 0 Å². The van der Waals surface area contributed by atoms with Gasteiger partial charge in [-0.15, -0.1) is 0 Å². The Bertz CT molecular complexity index is 532. The van der Waals surface area contributed by atoms with E-state index in [-0.39, 0.29) is 19.6 Å². The van der Waals surface area contributed by atoms with E-state index in [4.69, 9.17) is 10.2 Å². The van der Waals surface area contributed by atoms with Gasteiger partial charge in [0.05, 0.1) is 0 Å². The Morgan fingerprint density at radius 2 is 1.72 bits per heavy atom. The summed E-state index contributed by atoms with van der Waals surface area (Å²) < 4.78 is 0.817. The fourth-order valence-corrected chi connectivity index (χ4v) is 0.885. The van der Waals surface area contributed by atoms with Crippen molar-refractivity contribution < 1.29 is 15.0 Å². The van der Waals surface area contributed by atoms with Gasteiger partial charge in [-0.2, -0.15) is 0 Å². The average Bonchev–Trinajstić information content (AvgIpc) is 2.28. The van der Waals surface area contributed by atoms with Gasteiger partial charge in [0.15, 0.2) is 0 Å². The molecule has 9 heteroatoms. The number of hydrogen-bond acceptors (Lipinski definition) is 5. The summed E-state index contributed by atoms with van der Waals surface area (Å²) in [5, 5.41) is 16.1. The average molecular weight is 259 g/mol. The van der Waals surface area contributed by atoms with Crippen molar-refractivity contribution in [2.75, 3.05) is 6.61 Å². The number of rotatable bonds is 4. The van der Waals surface area contributed by atoms with Gasteiger partial charge < -0.3 is 10.2 Å². The van der Waals surface area contributed by atoms with Gasteiger partial charge in [0.2, 0.25) is 0 Å². The third-order valence-corrected chi connectivity index (χ3v) is 1.65. The van der Waals surface area contributed by atoms with E-state index in [2.05, 4.69) is 6.58 Å². The molecule has 18 heavy (non-hydrogen) atoms. The predicted octanol–water partition coefficient (Wildman–Crippen LogP) is -2.14. The molecule has 0 unspecified atom stereocenters. The van der Waals surface area contributed by atoms with Crippen LogP contribution in [0.4, 0.5) is 0 Å². The first-order chi connectivity index (χ1) is 8.42. The Hall–Kier alpha value is -2.42. The Labute approximate surface area is 100 Å². The summed E-state index contributed by atoms with van der Waals surface area (Å²) in [4.78, 5) is 45.6. The first-order valence-electron chi connectivity index (χ1n) is 4.82. The van der Waals surface area contributed by atoms with Crippen LogP contribution in [0, 0.1) is 0 Å². The van der Waals surface area contributed by atoms with Crippen LogP contribution in [0.25, 0.3) is 0 Å². The lowest BCUT2D eigenvalue weighted by molar-refractivity contribution is -0.131. The zero-order valence-corrected chi connectivity index (χ0v) is 9.38. The number of carbonyl (C=O) groups is 1. The van der Waals surface area contributed by atoms with Crippen LogP contribution in [0.2, 0.25) is 0 Å². The molecular formula is C9H13N3O6. The standard InChI is InChI=1S/C6H9N3O4.C3H4O2/c10-3-1-2-9-5(12)7-4(11)8-6(9)13;1-2-3(4)5/h10H,1-3H2,(H2,7,8,11,12,13);2H,1H2,(H,4,5). The van der Waals surface area contributed by atoms with E-state index in [0.29, 0.717) is 0 Å². The maximum absolute atomic E-state index is 11.0. The summed E-state index contributed by atoms with van der Waals surface area (Å²) in [6.07, 6.45) is 1.12. The van der Waals surface area contributed by atoms with Gasteiger partial charge in [-0.25, -0.2) is 23.7 Å². The highest BCUT2D eigenvalue weighted by Crippen LogP contribution is 1.76. The van der Waals surface area contributed by atoms with Crippen molar-refractivity contribution in [1.29, 1.82) is 0 Å². The van der Waals surface area contributed by atoms with Gasteiger partial charge in [0, 0.05) is 19.2 Å². The second-order valence-electron chi connectivity index (χ2n) is 2.96. The number of aromatic nitrogens is 3. The maximum atomic E-state index is 11.0. The second kappa shape index (κ2) is 7.79. The topological polar surface area (TPSA) is 145 Å². The third kappa shape index (κ3) is 5.61. The van der Waals surface area contributed by atoms with Crippen LogP contribution in [0.15, 0.2) is 27.0 Å². The molecule has 1 aromatic rings. The normalized spacial score (nSPS) is 9.17. The molecular weight excluding hydrogens is 246 g/mol. The molecule has 0 spiro atoms. The van der Waals surface area contributed by atoms with Gasteiger partial charge in [-0.05, 0) is 6.42 Å². The summed E-state index contributed by atoms with van der Waals surface area (Å²) in [5.74, 6) is -0.981. The molecule has 0 amide bonds. The first kappa shape index (κ1) is 15.6. The Balaban J connectivity index is 0.000000494. The minimum atomic E-state index is -0.981. The fraction of sp³-hybridized carbons (Fsp3) is 0.333. The largest absolute Gasteiger partial charge is 0.478 e. The third-order valence-electron chi connectivity index (χ3n) is 1.65. The van der Waals surface area contributed by atoms with Crippen LogP contribution in [-0.4, -0.2) is 37.3 Å². The summed E-state index contributed by atoms with van der Waals surface area (Å²) in [5.41, 5.74) is -2.35. The number of aliphatic carboxylic acids is 1. The van der Waals surface area contributed by atoms with Crippen LogP contribution in [0.3, 0.4) is 0 Å². The van der Waals surface area contributed by atoms with Gasteiger partial charge >= 0.3 is 23.0 Å². The molecule has 0 fully saturated rings. The minimum absolute atomic E-state index is 0.0848. The molecule has 9 nitrogen and oxygen atoms in total. The number of carboxylic acids is 1. The van der Waals surface area contributed by atoms with Crippen LogP contribution in [0.1, 0.15) is 6.42 Å². The van der Waals surface area contributed by atoms with Crippen LogP contribution >= 0.6 is 0 Å². The highest BCUT2D eigenvalue weighted by molar-refractivity contribution is 5.78. The van der Waals surface area contributed by atoms with Gasteiger partial charge in [0.1, 0.15) is 0 Å². The molecule has 0 radical (unpaired) electrons. The van der Waals surface area contributed by atoms with E-state index in [1.807, 2.05) is 9.97 Å². The quantitative estimate of drug-likeness (QED) is 0.454. The zero-order valence-electron chi connectivity index (χ0n) is 9.38. The lowest BCUT2D eigenvalue weighted by atomic mass is 10.4. The summed E-state index contributed by atoms with van der Waals surface area (Å²) in [6.45, 7) is 2.93. The summed E-state index contributed by atoms with van der Waals surface area (Å²) >= 11 is 0. The first-order valence-corrected chi connectivity index (χ1v) is 4.82. The van der Waals surface area contributed by atoms with Crippen molar-refractivity contribution in [3.8, 4) is 0 Å². The number of aliphatic hydroxyl groups is 1. The number of nitrogens with zero attached hydrogens (tertiary/aromatic N) is 1. The van der Waals surface area contributed by atoms with E-state index < -0.39 is 23.0 Å². The smallest absolute Gasteiger partial charge is 0.333 e. The van der Waals surface area contributed by atoms with Gasteiger partial charge in [0.25, 0.3) is 0 Å². The minimum Gasteiger partial charge on any atom is -0.478 e. The van der Waals surface area contributed by atoms with Crippen molar-refractivity contribution >= 4 is 5.97 Å². The number of carboxylic acid groups (broad SMARTS) is 1. The zero-order chi connectivity index (χ0) is 14.1. The molecule has 0 aliphatic carbocycles. The summed E-state index contributed by atoms with van der Waals surface area (Å²) in [6, 6.07) is 0. The highest BCUT2D eigenvalue weighted by atomic mass is 16.4. The number of aromatic amines is 2. The molecule has 0 aromatic carbocycles. The molecule has 4 N–H and O–H groups in total. The molecule has 1 aromatic heterocycles. The van der Waals surface area contributed by atoms with E-state index in [1.165, 1.54) is 0 Å². The van der Waals surface area contributed by atoms with Gasteiger partial charge in [-0.3, -0.25) is 9.97 Å². The highest BCUT2D eigenvalue weighted by Gasteiger charge is 2.00. The SMILES string of the molecule is C=CC(=O)O.O=c1[nH]c(=O)n(CCCO)c(=O)[nH]1. The maximum Gasteiger partial charge on any atom is 0.333 e. The van der Waals surface area contributed by atoms with E-state index in [0.717, 1.165) is 10.6 Å². The molecule has 0 saturated heterocycles. The Morgan fingerprint density at radius 1 is 1.28 bits per heavy atom. The lowest BCUT2D eigenvalue weighted by Gasteiger charge is -1.99. The Kier molecular flexibility index (Phi) is 6.74.